The van der Waals surface area contributed by atoms with Gasteiger partial charge in [0, 0.05) is 13.0 Å². The van der Waals surface area contributed by atoms with Gasteiger partial charge in [0.25, 0.3) is 0 Å². The summed E-state index contributed by atoms with van der Waals surface area (Å²) in [6.45, 7) is 0.614. The average molecular weight is 373 g/mol. The minimum Gasteiger partial charge on any atom is -0.454 e. The summed E-state index contributed by atoms with van der Waals surface area (Å²) >= 11 is 6.17. The lowest BCUT2D eigenvalue weighted by Crippen LogP contribution is -2.38. The molecule has 2 aromatic carbocycles. The Bertz CT molecular complexity index is 870. The number of ether oxygens (including phenoxy) is 2. The maximum absolute atomic E-state index is 12.3. The smallest absolute Gasteiger partial charge is 0.231 e. The molecule has 1 fully saturated rings. The number of rotatable bonds is 4. The van der Waals surface area contributed by atoms with E-state index in [1.807, 2.05) is 18.2 Å². The number of nitrogens with zero attached hydrogens (tertiary/aromatic N) is 1. The fraction of sp³-hybridized carbons (Fsp3) is 0.263. The Hall–Kier alpha value is -2.73. The lowest BCUT2D eigenvalue weighted by molar-refractivity contribution is -0.121. The van der Waals surface area contributed by atoms with Gasteiger partial charge < -0.3 is 19.7 Å². The molecule has 4 rings (SSSR count). The first-order valence-corrected chi connectivity index (χ1v) is 8.71. The third kappa shape index (κ3) is 3.32. The molecule has 26 heavy (non-hydrogen) atoms. The van der Waals surface area contributed by atoms with Crippen molar-refractivity contribution in [1.29, 1.82) is 0 Å². The van der Waals surface area contributed by atoms with Crippen LogP contribution in [0.2, 0.25) is 5.02 Å². The molecule has 0 bridgehead atoms. The number of hydrogen-bond acceptors (Lipinski definition) is 4. The molecular weight excluding hydrogens is 356 g/mol. The lowest BCUT2D eigenvalue weighted by Gasteiger charge is -2.18. The second kappa shape index (κ2) is 6.88. The highest BCUT2D eigenvalue weighted by molar-refractivity contribution is 6.33. The summed E-state index contributed by atoms with van der Waals surface area (Å²) in [4.78, 5) is 26.3. The minimum absolute atomic E-state index is 0.0496. The van der Waals surface area contributed by atoms with Crippen LogP contribution in [0, 0.1) is 0 Å². The molecule has 2 aliphatic heterocycles. The van der Waals surface area contributed by atoms with Crippen LogP contribution in [0.15, 0.2) is 42.5 Å². The Morgan fingerprint density at radius 2 is 2.00 bits per heavy atom. The number of amides is 2. The highest BCUT2D eigenvalue weighted by Crippen LogP contribution is 2.33. The molecule has 0 aromatic heterocycles. The standard InChI is InChI=1S/C19H17ClN2O4/c20-14-3-1-2-4-15(14)22-10-13(9-19(22)24)21-18(23)8-12-5-6-16-17(7-12)26-11-25-16/h1-7,13H,8-11H2,(H,21,23)/t13-/m1/s1. The van der Waals surface area contributed by atoms with Crippen LogP contribution in [0.5, 0.6) is 11.5 Å². The highest BCUT2D eigenvalue weighted by Gasteiger charge is 2.32. The van der Waals surface area contributed by atoms with Crippen LogP contribution in [-0.2, 0) is 16.0 Å². The molecule has 0 unspecified atom stereocenters. The molecule has 1 atom stereocenters. The maximum Gasteiger partial charge on any atom is 0.231 e. The molecule has 2 amide bonds. The molecule has 0 spiro atoms. The normalized spacial score (nSPS) is 18.3. The second-order valence-electron chi connectivity index (χ2n) is 6.29. The van der Waals surface area contributed by atoms with E-state index >= 15 is 0 Å². The number of nitrogens with one attached hydrogen (secondary N) is 1. The van der Waals surface area contributed by atoms with Crippen molar-refractivity contribution in [2.75, 3.05) is 18.2 Å². The van der Waals surface area contributed by atoms with Gasteiger partial charge in [-0.2, -0.15) is 0 Å². The van der Waals surface area contributed by atoms with E-state index in [1.165, 1.54) is 0 Å². The maximum atomic E-state index is 12.3. The van der Waals surface area contributed by atoms with Crippen LogP contribution in [0.1, 0.15) is 12.0 Å². The molecule has 2 aliphatic rings. The monoisotopic (exact) mass is 372 g/mol. The molecule has 2 aromatic rings. The Kier molecular flexibility index (Phi) is 4.42. The van der Waals surface area contributed by atoms with Crippen LogP contribution in [-0.4, -0.2) is 31.2 Å². The van der Waals surface area contributed by atoms with E-state index in [0.717, 1.165) is 5.56 Å². The van der Waals surface area contributed by atoms with Gasteiger partial charge in [-0.3, -0.25) is 9.59 Å². The Morgan fingerprint density at radius 3 is 2.85 bits per heavy atom. The molecule has 1 N–H and O–H groups in total. The Balaban J connectivity index is 1.38. The van der Waals surface area contributed by atoms with Crippen molar-refractivity contribution in [2.45, 2.75) is 18.9 Å². The lowest BCUT2D eigenvalue weighted by atomic mass is 10.1. The number of para-hydroxylation sites is 1. The van der Waals surface area contributed by atoms with Gasteiger partial charge >= 0.3 is 0 Å². The van der Waals surface area contributed by atoms with Crippen LogP contribution >= 0.6 is 11.6 Å². The summed E-state index contributed by atoms with van der Waals surface area (Å²) in [5.41, 5.74) is 1.51. The number of anilines is 1. The van der Waals surface area contributed by atoms with Gasteiger partial charge in [0.2, 0.25) is 18.6 Å². The van der Waals surface area contributed by atoms with Gasteiger partial charge in [-0.1, -0.05) is 29.8 Å². The third-order valence-electron chi connectivity index (χ3n) is 4.44. The van der Waals surface area contributed by atoms with Crippen molar-refractivity contribution in [3.05, 3.63) is 53.1 Å². The molecule has 1 saturated heterocycles. The van der Waals surface area contributed by atoms with Gasteiger partial charge in [0.1, 0.15) is 0 Å². The van der Waals surface area contributed by atoms with Gasteiger partial charge in [0.05, 0.1) is 23.2 Å². The van der Waals surface area contributed by atoms with E-state index in [2.05, 4.69) is 5.32 Å². The number of carbonyl (C=O) groups excluding carboxylic acids is 2. The van der Waals surface area contributed by atoms with Crippen molar-refractivity contribution in [3.63, 3.8) is 0 Å². The molecule has 134 valence electrons. The van der Waals surface area contributed by atoms with Gasteiger partial charge in [-0.15, -0.1) is 0 Å². The van der Waals surface area contributed by atoms with Gasteiger partial charge in [-0.25, -0.2) is 0 Å². The number of halogens is 1. The van der Waals surface area contributed by atoms with E-state index < -0.39 is 0 Å². The van der Waals surface area contributed by atoms with E-state index in [1.54, 1.807) is 29.2 Å². The number of hydrogen-bond donors (Lipinski definition) is 1. The summed E-state index contributed by atoms with van der Waals surface area (Å²) in [5, 5.41) is 3.45. The number of fused-ring (bicyclic) bond motifs is 1. The molecular formula is C19H17ClN2O4. The summed E-state index contributed by atoms with van der Waals surface area (Å²) in [7, 11) is 0. The van der Waals surface area contributed by atoms with E-state index in [4.69, 9.17) is 21.1 Å². The molecule has 0 saturated carbocycles. The fourth-order valence-electron chi connectivity index (χ4n) is 3.22. The molecule has 2 heterocycles. The predicted molar refractivity (Wildman–Crippen MR) is 96.6 cm³/mol. The van der Waals surface area contributed by atoms with Crippen LogP contribution < -0.4 is 19.7 Å². The van der Waals surface area contributed by atoms with E-state index in [-0.39, 0.29) is 37.5 Å². The SMILES string of the molecule is O=C(Cc1ccc2c(c1)OCO2)N[C@@H]1CC(=O)N(c2ccccc2Cl)C1. The topological polar surface area (TPSA) is 67.9 Å². The van der Waals surface area contributed by atoms with Crippen LogP contribution in [0.25, 0.3) is 0 Å². The summed E-state index contributed by atoms with van der Waals surface area (Å²) in [5.74, 6) is 1.15. The van der Waals surface area contributed by atoms with Gasteiger partial charge in [-0.05, 0) is 29.8 Å². The largest absolute Gasteiger partial charge is 0.454 e. The first-order valence-electron chi connectivity index (χ1n) is 8.33. The average Bonchev–Trinajstić information content (AvgIpc) is 3.21. The van der Waals surface area contributed by atoms with Crippen molar-refractivity contribution < 1.29 is 19.1 Å². The first kappa shape index (κ1) is 16.7. The third-order valence-corrected chi connectivity index (χ3v) is 4.75. The predicted octanol–water partition coefficient (Wildman–Crippen LogP) is 2.53. The number of carbonyl (C=O) groups is 2. The first-order chi connectivity index (χ1) is 12.6. The molecule has 0 radical (unpaired) electrons. The summed E-state index contributed by atoms with van der Waals surface area (Å²) < 4.78 is 10.6. The molecule has 6 nitrogen and oxygen atoms in total. The summed E-state index contributed by atoms with van der Waals surface area (Å²) in [6, 6.07) is 12.4. The van der Waals surface area contributed by atoms with Crippen LogP contribution in [0.4, 0.5) is 5.69 Å². The Morgan fingerprint density at radius 1 is 1.19 bits per heavy atom. The van der Waals surface area contributed by atoms with E-state index in [0.29, 0.717) is 28.8 Å². The minimum atomic E-state index is -0.236. The zero-order valence-electron chi connectivity index (χ0n) is 13.9. The molecule has 7 heteroatoms. The van der Waals surface area contributed by atoms with Crippen molar-refractivity contribution in [3.8, 4) is 11.5 Å². The molecule has 0 aliphatic carbocycles. The summed E-state index contributed by atoms with van der Waals surface area (Å²) in [6.07, 6.45) is 0.478. The highest BCUT2D eigenvalue weighted by atomic mass is 35.5. The van der Waals surface area contributed by atoms with Crippen molar-refractivity contribution in [2.24, 2.45) is 0 Å². The van der Waals surface area contributed by atoms with E-state index in [9.17, 15) is 9.59 Å². The van der Waals surface area contributed by atoms with Crippen LogP contribution in [0.3, 0.4) is 0 Å². The fourth-order valence-corrected chi connectivity index (χ4v) is 3.46. The second-order valence-corrected chi connectivity index (χ2v) is 6.70. The Labute approximate surface area is 155 Å². The van der Waals surface area contributed by atoms with Crippen molar-refractivity contribution in [1.82, 2.24) is 5.32 Å². The zero-order chi connectivity index (χ0) is 18.1. The van der Waals surface area contributed by atoms with Crippen molar-refractivity contribution >= 4 is 29.1 Å². The zero-order valence-corrected chi connectivity index (χ0v) is 14.7. The number of benzene rings is 2. The van der Waals surface area contributed by atoms with Gasteiger partial charge in [0.15, 0.2) is 11.5 Å². The quantitative estimate of drug-likeness (QED) is 0.895.